The molecule has 1 N–H and O–H groups in total. The maximum absolute atomic E-state index is 13.0. The van der Waals surface area contributed by atoms with E-state index in [0.717, 1.165) is 29.7 Å². The van der Waals surface area contributed by atoms with Crippen LogP contribution in [-0.2, 0) is 0 Å². The summed E-state index contributed by atoms with van der Waals surface area (Å²) in [5.74, 6) is -0.202. The lowest BCUT2D eigenvalue weighted by Gasteiger charge is -2.15. The van der Waals surface area contributed by atoms with Crippen molar-refractivity contribution in [2.24, 2.45) is 0 Å². The standard InChI is InChI=1S/C11H14BrFN2/c1-15-5-4-9(7-15)14-11-6-8(13)2-3-10(11)12/h2-3,6,9,14H,4-5,7H2,1H3. The first-order chi connectivity index (χ1) is 7.15. The first-order valence-corrected chi connectivity index (χ1v) is 5.84. The van der Waals surface area contributed by atoms with Crippen molar-refractivity contribution in [1.82, 2.24) is 4.90 Å². The number of hydrogen-bond donors (Lipinski definition) is 1. The Labute approximate surface area is 97.6 Å². The molecule has 1 aliphatic heterocycles. The van der Waals surface area contributed by atoms with E-state index in [9.17, 15) is 4.39 Å². The Morgan fingerprint density at radius 1 is 1.53 bits per heavy atom. The molecule has 15 heavy (non-hydrogen) atoms. The molecular formula is C11H14BrFN2. The first-order valence-electron chi connectivity index (χ1n) is 5.05. The molecule has 1 aliphatic rings. The molecule has 0 bridgehead atoms. The fourth-order valence-electron chi connectivity index (χ4n) is 1.88. The van der Waals surface area contributed by atoms with Crippen LogP contribution in [0.1, 0.15) is 6.42 Å². The number of hydrogen-bond acceptors (Lipinski definition) is 2. The zero-order valence-electron chi connectivity index (χ0n) is 8.63. The molecule has 0 saturated carbocycles. The quantitative estimate of drug-likeness (QED) is 0.891. The van der Waals surface area contributed by atoms with Crippen LogP contribution in [0.25, 0.3) is 0 Å². The Balaban J connectivity index is 2.07. The summed E-state index contributed by atoms with van der Waals surface area (Å²) in [7, 11) is 2.10. The number of halogens is 2. The molecule has 0 aromatic heterocycles. The van der Waals surface area contributed by atoms with Gasteiger partial charge in [-0.15, -0.1) is 0 Å². The lowest BCUT2D eigenvalue weighted by atomic mass is 10.2. The van der Waals surface area contributed by atoms with Gasteiger partial charge >= 0.3 is 0 Å². The Kier molecular flexibility index (Phi) is 3.26. The average molecular weight is 273 g/mol. The molecule has 82 valence electrons. The summed E-state index contributed by atoms with van der Waals surface area (Å²) >= 11 is 3.41. The highest BCUT2D eigenvalue weighted by Crippen LogP contribution is 2.25. The smallest absolute Gasteiger partial charge is 0.125 e. The maximum Gasteiger partial charge on any atom is 0.125 e. The van der Waals surface area contributed by atoms with E-state index in [-0.39, 0.29) is 5.82 Å². The normalized spacial score (nSPS) is 21.9. The topological polar surface area (TPSA) is 15.3 Å². The molecule has 0 amide bonds. The fraction of sp³-hybridized carbons (Fsp3) is 0.455. The molecule has 1 atom stereocenters. The van der Waals surface area contributed by atoms with Crippen LogP contribution < -0.4 is 5.32 Å². The molecule has 1 fully saturated rings. The van der Waals surface area contributed by atoms with Crippen LogP contribution in [0.15, 0.2) is 22.7 Å². The second-order valence-corrected chi connectivity index (χ2v) is 4.87. The van der Waals surface area contributed by atoms with Crippen LogP contribution in [0.5, 0.6) is 0 Å². The molecule has 1 saturated heterocycles. The van der Waals surface area contributed by atoms with Crippen molar-refractivity contribution in [3.63, 3.8) is 0 Å². The lowest BCUT2D eigenvalue weighted by Crippen LogP contribution is -2.23. The van der Waals surface area contributed by atoms with Crippen LogP contribution in [0, 0.1) is 5.82 Å². The monoisotopic (exact) mass is 272 g/mol. The third-order valence-electron chi connectivity index (χ3n) is 2.68. The highest BCUT2D eigenvalue weighted by molar-refractivity contribution is 9.10. The Morgan fingerprint density at radius 2 is 2.33 bits per heavy atom. The minimum absolute atomic E-state index is 0.202. The van der Waals surface area contributed by atoms with Crippen molar-refractivity contribution in [3.8, 4) is 0 Å². The summed E-state index contributed by atoms with van der Waals surface area (Å²) in [6, 6.07) is 5.14. The van der Waals surface area contributed by atoms with Gasteiger partial charge in [0.15, 0.2) is 0 Å². The zero-order valence-corrected chi connectivity index (χ0v) is 10.2. The van der Waals surface area contributed by atoms with Gasteiger partial charge in [-0.2, -0.15) is 0 Å². The third-order valence-corrected chi connectivity index (χ3v) is 3.37. The largest absolute Gasteiger partial charge is 0.380 e. The van der Waals surface area contributed by atoms with Gasteiger partial charge in [0.2, 0.25) is 0 Å². The number of nitrogens with zero attached hydrogens (tertiary/aromatic N) is 1. The number of benzene rings is 1. The molecule has 1 heterocycles. The molecule has 0 radical (unpaired) electrons. The molecule has 2 nitrogen and oxygen atoms in total. The third kappa shape index (κ3) is 2.69. The SMILES string of the molecule is CN1CCC(Nc2cc(F)ccc2Br)C1. The number of rotatable bonds is 2. The predicted octanol–water partition coefficient (Wildman–Crippen LogP) is 2.70. The number of nitrogens with one attached hydrogen (secondary N) is 1. The van der Waals surface area contributed by atoms with Crippen molar-refractivity contribution in [2.45, 2.75) is 12.5 Å². The Hall–Kier alpha value is -0.610. The summed E-state index contributed by atoms with van der Waals surface area (Å²) in [6.07, 6.45) is 1.11. The molecule has 0 spiro atoms. The van der Waals surface area contributed by atoms with Gasteiger partial charge in [0.05, 0.1) is 5.69 Å². The average Bonchev–Trinajstić information content (AvgIpc) is 2.58. The van der Waals surface area contributed by atoms with Crippen molar-refractivity contribution >= 4 is 21.6 Å². The van der Waals surface area contributed by atoms with Gasteiger partial charge < -0.3 is 10.2 Å². The summed E-state index contributed by atoms with van der Waals surface area (Å²) in [6.45, 7) is 2.12. The molecule has 1 aromatic carbocycles. The van der Waals surface area contributed by atoms with Gasteiger partial charge in [-0.05, 0) is 54.1 Å². The van der Waals surface area contributed by atoms with E-state index in [1.54, 1.807) is 6.07 Å². The Bertz CT molecular complexity index is 356. The van der Waals surface area contributed by atoms with Crippen molar-refractivity contribution in [1.29, 1.82) is 0 Å². The van der Waals surface area contributed by atoms with Crippen LogP contribution in [0.3, 0.4) is 0 Å². The summed E-state index contributed by atoms with van der Waals surface area (Å²) < 4.78 is 13.9. The predicted molar refractivity (Wildman–Crippen MR) is 63.6 cm³/mol. The van der Waals surface area contributed by atoms with E-state index >= 15 is 0 Å². The first kappa shape index (κ1) is 10.9. The highest BCUT2D eigenvalue weighted by Gasteiger charge is 2.19. The highest BCUT2D eigenvalue weighted by atomic mass is 79.9. The molecule has 4 heteroatoms. The number of likely N-dealkylation sites (N-methyl/N-ethyl adjacent to an activating group) is 1. The molecular weight excluding hydrogens is 259 g/mol. The minimum Gasteiger partial charge on any atom is -0.380 e. The minimum atomic E-state index is -0.202. The second-order valence-electron chi connectivity index (χ2n) is 4.02. The number of likely N-dealkylation sites (tertiary alicyclic amines) is 1. The van der Waals surface area contributed by atoms with Gasteiger partial charge in [-0.1, -0.05) is 0 Å². The van der Waals surface area contributed by atoms with Crippen molar-refractivity contribution < 1.29 is 4.39 Å². The van der Waals surface area contributed by atoms with Gasteiger partial charge in [0.25, 0.3) is 0 Å². The van der Waals surface area contributed by atoms with Crippen molar-refractivity contribution in [3.05, 3.63) is 28.5 Å². The second kappa shape index (κ2) is 4.49. The van der Waals surface area contributed by atoms with E-state index in [2.05, 4.69) is 33.2 Å². The van der Waals surface area contributed by atoms with Crippen LogP contribution in [-0.4, -0.2) is 31.1 Å². The maximum atomic E-state index is 13.0. The molecule has 2 rings (SSSR count). The molecule has 1 aromatic rings. The molecule has 0 aliphatic carbocycles. The van der Waals surface area contributed by atoms with Gasteiger partial charge in [-0.3, -0.25) is 0 Å². The van der Waals surface area contributed by atoms with Gasteiger partial charge in [0.1, 0.15) is 5.82 Å². The lowest BCUT2D eigenvalue weighted by molar-refractivity contribution is 0.414. The summed E-state index contributed by atoms with van der Waals surface area (Å²) in [4.78, 5) is 2.27. The fourth-order valence-corrected chi connectivity index (χ4v) is 2.24. The van der Waals surface area contributed by atoms with E-state index in [4.69, 9.17) is 0 Å². The molecule has 1 unspecified atom stereocenters. The van der Waals surface area contributed by atoms with Crippen molar-refractivity contribution in [2.75, 3.05) is 25.5 Å². The van der Waals surface area contributed by atoms with E-state index < -0.39 is 0 Å². The van der Waals surface area contributed by atoms with Gasteiger partial charge in [-0.25, -0.2) is 4.39 Å². The summed E-state index contributed by atoms with van der Waals surface area (Å²) in [5.41, 5.74) is 0.843. The van der Waals surface area contributed by atoms with Crippen LogP contribution in [0.4, 0.5) is 10.1 Å². The summed E-state index contributed by atoms with van der Waals surface area (Å²) in [5, 5.41) is 3.35. The Morgan fingerprint density at radius 3 is 3.00 bits per heavy atom. The van der Waals surface area contributed by atoms with E-state index in [1.807, 2.05) is 0 Å². The van der Waals surface area contributed by atoms with E-state index in [0.29, 0.717) is 6.04 Å². The zero-order chi connectivity index (χ0) is 10.8. The number of anilines is 1. The van der Waals surface area contributed by atoms with Crippen LogP contribution >= 0.6 is 15.9 Å². The van der Waals surface area contributed by atoms with E-state index in [1.165, 1.54) is 12.1 Å². The van der Waals surface area contributed by atoms with Gasteiger partial charge in [0, 0.05) is 17.1 Å². The van der Waals surface area contributed by atoms with Crippen LogP contribution in [0.2, 0.25) is 0 Å².